The Morgan fingerprint density at radius 2 is 1.43 bits per heavy atom. The Hall–Kier alpha value is -4.15. The van der Waals surface area contributed by atoms with Gasteiger partial charge in [0, 0.05) is 23.0 Å². The summed E-state index contributed by atoms with van der Waals surface area (Å²) in [5.41, 5.74) is 4.86. The minimum atomic E-state index is -3.38. The predicted octanol–water partition coefficient (Wildman–Crippen LogP) is 8.43. The number of ether oxygens (including phenoxy) is 3. The van der Waals surface area contributed by atoms with Gasteiger partial charge < -0.3 is 14.2 Å². The van der Waals surface area contributed by atoms with Gasteiger partial charge >= 0.3 is 6.01 Å². The first-order chi connectivity index (χ1) is 20.6. The van der Waals surface area contributed by atoms with Crippen LogP contribution in [-0.2, 0) is 10.0 Å². The molecule has 0 aliphatic carbocycles. The Morgan fingerprint density at radius 3 is 2.05 bits per heavy atom. The van der Waals surface area contributed by atoms with Crippen molar-refractivity contribution in [3.05, 3.63) is 71.6 Å². The van der Waals surface area contributed by atoms with Gasteiger partial charge in [0.1, 0.15) is 17.0 Å². The number of hydrogen-bond acceptors (Lipinski definition) is 8. The lowest BCUT2D eigenvalue weighted by molar-refractivity contribution is 0.103. The van der Waals surface area contributed by atoms with E-state index in [4.69, 9.17) is 19.2 Å². The minimum Gasteiger partial charge on any atom is -0.495 e. The maximum Gasteiger partial charge on any atom is 0.320 e. The molecule has 0 saturated carbocycles. The summed E-state index contributed by atoms with van der Waals surface area (Å²) >= 11 is 1.61. The van der Waals surface area contributed by atoms with E-state index >= 15 is 0 Å². The van der Waals surface area contributed by atoms with Crippen LogP contribution < -0.4 is 18.9 Å². The number of methoxy groups -OCH3 is 1. The van der Waals surface area contributed by atoms with E-state index in [1.54, 1.807) is 30.7 Å². The summed E-state index contributed by atoms with van der Waals surface area (Å²) < 4.78 is 44.5. The monoisotopic (exact) mass is 631 g/mol. The topological polar surface area (TPSA) is 99.6 Å². The molecule has 0 radical (unpaired) electrons. The van der Waals surface area contributed by atoms with E-state index in [-0.39, 0.29) is 6.01 Å². The first-order valence-electron chi connectivity index (χ1n) is 14.1. The molecular formula is C34H37N3O5S2. The number of rotatable bonds is 8. The van der Waals surface area contributed by atoms with Crippen LogP contribution in [0.2, 0.25) is 0 Å². The van der Waals surface area contributed by atoms with Crippen molar-refractivity contribution >= 4 is 37.8 Å². The maximum atomic E-state index is 11.8. The number of thiophene rings is 1. The molecule has 0 atom stereocenters. The standard InChI is InChI=1S/C34H37N3O5S2/c1-33(2,3)41-31-29(19-35-32(36-31)42-34(4,5)6)25-17-27(30(40-7)28(18-25)24-13-14-43-20-24)23-10-9-22-16-26(37-44(8,38)39)12-11-21(22)15-23/h9-20,37H,1-8H3. The summed E-state index contributed by atoms with van der Waals surface area (Å²) in [7, 11) is -1.71. The third kappa shape index (κ3) is 7.49. The second-order valence-electron chi connectivity index (χ2n) is 12.6. The number of sulfonamides is 1. The van der Waals surface area contributed by atoms with Gasteiger partial charge in [-0.05, 0) is 116 Å². The summed E-state index contributed by atoms with van der Waals surface area (Å²) in [4.78, 5) is 9.25. The molecule has 0 spiro atoms. The summed E-state index contributed by atoms with van der Waals surface area (Å²) in [6.07, 6.45) is 2.88. The molecule has 44 heavy (non-hydrogen) atoms. The molecule has 5 aromatic rings. The fraction of sp³-hybridized carbons (Fsp3) is 0.294. The van der Waals surface area contributed by atoms with Crippen LogP contribution in [0.5, 0.6) is 17.6 Å². The third-order valence-electron chi connectivity index (χ3n) is 6.42. The Kier molecular flexibility index (Phi) is 8.35. The summed E-state index contributed by atoms with van der Waals surface area (Å²) in [6, 6.07) is 18.0. The van der Waals surface area contributed by atoms with Crippen molar-refractivity contribution in [3.8, 4) is 51.0 Å². The molecule has 10 heteroatoms. The highest BCUT2D eigenvalue weighted by Crippen LogP contribution is 2.45. The highest BCUT2D eigenvalue weighted by molar-refractivity contribution is 7.92. The van der Waals surface area contributed by atoms with Crippen LogP contribution in [0.1, 0.15) is 41.5 Å². The Morgan fingerprint density at radius 1 is 0.773 bits per heavy atom. The lowest BCUT2D eigenvalue weighted by atomic mass is 9.92. The molecule has 1 N–H and O–H groups in total. The van der Waals surface area contributed by atoms with Crippen molar-refractivity contribution in [2.75, 3.05) is 18.1 Å². The normalized spacial score (nSPS) is 12.3. The van der Waals surface area contributed by atoms with Crippen molar-refractivity contribution < 1.29 is 22.6 Å². The number of nitrogens with zero attached hydrogens (tertiary/aromatic N) is 2. The van der Waals surface area contributed by atoms with E-state index < -0.39 is 21.2 Å². The molecule has 2 heterocycles. The number of nitrogens with one attached hydrogen (secondary N) is 1. The maximum absolute atomic E-state index is 11.8. The Labute approximate surface area is 263 Å². The SMILES string of the molecule is COc1c(-c2ccsc2)cc(-c2cnc(OC(C)(C)C)nc2OC(C)(C)C)cc1-c1ccc2cc(NS(C)(=O)=O)ccc2c1. The zero-order valence-electron chi connectivity index (χ0n) is 26.2. The smallest absolute Gasteiger partial charge is 0.320 e. The van der Waals surface area contributed by atoms with Crippen molar-refractivity contribution in [2.45, 2.75) is 52.7 Å². The zero-order chi connectivity index (χ0) is 31.9. The summed E-state index contributed by atoms with van der Waals surface area (Å²) in [5, 5.41) is 5.98. The van der Waals surface area contributed by atoms with E-state index in [1.807, 2.05) is 71.2 Å². The number of benzene rings is 3. The molecular weight excluding hydrogens is 595 g/mol. The van der Waals surface area contributed by atoms with Crippen LogP contribution in [0, 0.1) is 0 Å². The highest BCUT2D eigenvalue weighted by Gasteiger charge is 2.24. The Bertz CT molecular complexity index is 1920. The quantitative estimate of drug-likeness (QED) is 0.183. The third-order valence-corrected chi connectivity index (χ3v) is 7.71. The highest BCUT2D eigenvalue weighted by atomic mass is 32.2. The zero-order valence-corrected chi connectivity index (χ0v) is 27.8. The van der Waals surface area contributed by atoms with Gasteiger partial charge in [-0.2, -0.15) is 16.3 Å². The fourth-order valence-electron chi connectivity index (χ4n) is 4.78. The van der Waals surface area contributed by atoms with E-state index in [0.29, 0.717) is 11.6 Å². The summed E-state index contributed by atoms with van der Waals surface area (Å²) in [5.74, 6) is 1.15. The molecule has 0 amide bonds. The van der Waals surface area contributed by atoms with Gasteiger partial charge in [-0.1, -0.05) is 18.2 Å². The number of hydrogen-bond donors (Lipinski definition) is 1. The molecule has 0 saturated heterocycles. The average Bonchev–Trinajstić information content (AvgIpc) is 3.44. The van der Waals surface area contributed by atoms with Gasteiger partial charge in [-0.25, -0.2) is 13.4 Å². The van der Waals surface area contributed by atoms with Crippen LogP contribution in [-0.4, -0.2) is 43.0 Å². The lowest BCUT2D eigenvalue weighted by Gasteiger charge is -2.24. The van der Waals surface area contributed by atoms with Gasteiger partial charge in [0.05, 0.1) is 18.9 Å². The van der Waals surface area contributed by atoms with Crippen molar-refractivity contribution in [1.29, 1.82) is 0 Å². The lowest BCUT2D eigenvalue weighted by Crippen LogP contribution is -2.26. The summed E-state index contributed by atoms with van der Waals surface area (Å²) in [6.45, 7) is 11.8. The van der Waals surface area contributed by atoms with Gasteiger partial charge in [0.2, 0.25) is 15.9 Å². The van der Waals surface area contributed by atoms with Crippen LogP contribution in [0.3, 0.4) is 0 Å². The first kappa shape index (κ1) is 31.3. The second-order valence-corrected chi connectivity index (χ2v) is 15.1. The van der Waals surface area contributed by atoms with E-state index in [1.165, 1.54) is 0 Å². The van der Waals surface area contributed by atoms with Crippen LogP contribution in [0.15, 0.2) is 71.6 Å². The van der Waals surface area contributed by atoms with Crippen LogP contribution >= 0.6 is 11.3 Å². The molecule has 0 aliphatic rings. The van der Waals surface area contributed by atoms with E-state index in [0.717, 1.165) is 56.2 Å². The number of fused-ring (bicyclic) bond motifs is 1. The molecule has 0 aliphatic heterocycles. The van der Waals surface area contributed by atoms with Gasteiger partial charge in [0.15, 0.2) is 0 Å². The second kappa shape index (κ2) is 11.7. The van der Waals surface area contributed by atoms with Crippen LogP contribution in [0.25, 0.3) is 44.2 Å². The number of aromatic nitrogens is 2. The van der Waals surface area contributed by atoms with E-state index in [9.17, 15) is 8.42 Å². The molecule has 2 aromatic heterocycles. The van der Waals surface area contributed by atoms with Gasteiger partial charge in [-0.15, -0.1) is 0 Å². The molecule has 0 fully saturated rings. The largest absolute Gasteiger partial charge is 0.495 e. The van der Waals surface area contributed by atoms with Crippen LogP contribution in [0.4, 0.5) is 5.69 Å². The molecule has 5 rings (SSSR count). The molecule has 230 valence electrons. The molecule has 3 aromatic carbocycles. The molecule has 0 unspecified atom stereocenters. The average molecular weight is 632 g/mol. The van der Waals surface area contributed by atoms with Gasteiger partial charge in [-0.3, -0.25) is 4.72 Å². The fourth-order valence-corrected chi connectivity index (χ4v) is 5.99. The number of anilines is 1. The van der Waals surface area contributed by atoms with Gasteiger partial charge in [0.25, 0.3) is 0 Å². The first-order valence-corrected chi connectivity index (χ1v) is 16.9. The van der Waals surface area contributed by atoms with Crippen molar-refractivity contribution in [3.63, 3.8) is 0 Å². The molecule has 8 nitrogen and oxygen atoms in total. The Balaban J connectivity index is 1.71. The predicted molar refractivity (Wildman–Crippen MR) is 180 cm³/mol. The van der Waals surface area contributed by atoms with E-state index in [2.05, 4.69) is 39.4 Å². The molecule has 0 bridgehead atoms. The van der Waals surface area contributed by atoms with Crippen molar-refractivity contribution in [1.82, 2.24) is 9.97 Å². The minimum absolute atomic E-state index is 0.242. The van der Waals surface area contributed by atoms with Crippen molar-refractivity contribution in [2.24, 2.45) is 0 Å².